The molecule has 0 bridgehead atoms. The van der Waals surface area contributed by atoms with Gasteiger partial charge in [-0.1, -0.05) is 240 Å². The van der Waals surface area contributed by atoms with E-state index >= 15 is 0 Å². The molecule has 0 N–H and O–H groups in total. The van der Waals surface area contributed by atoms with E-state index in [0.717, 1.165) is 101 Å². The Morgan fingerprint density at radius 1 is 0.274 bits per heavy atom. The molecule has 716 valence electrons. The summed E-state index contributed by atoms with van der Waals surface area (Å²) in [6.45, 7) is 103. The lowest BCUT2D eigenvalue weighted by atomic mass is 10.1. The van der Waals surface area contributed by atoms with E-state index in [1.165, 1.54) is 143 Å². The van der Waals surface area contributed by atoms with Crippen molar-refractivity contribution in [1.29, 1.82) is 0 Å². The molecule has 0 fully saturated rings. The van der Waals surface area contributed by atoms with Gasteiger partial charge in [0, 0.05) is 91.3 Å². The molecule has 0 aliphatic heterocycles. The molecule has 0 spiro atoms. The minimum atomic E-state index is -0.861. The molecule has 0 aromatic carbocycles. The first kappa shape index (κ1) is 135. The fourth-order valence-electron chi connectivity index (χ4n) is 16.6. The summed E-state index contributed by atoms with van der Waals surface area (Å²) in [5.74, 6) is 0. The van der Waals surface area contributed by atoms with Crippen LogP contribution in [0.1, 0.15) is 369 Å². The van der Waals surface area contributed by atoms with Crippen LogP contribution in [0.3, 0.4) is 0 Å². The van der Waals surface area contributed by atoms with E-state index in [1.54, 1.807) is 0 Å². The Morgan fingerprint density at radius 3 is 0.944 bits per heavy atom. The van der Waals surface area contributed by atoms with Crippen molar-refractivity contribution in [3.63, 3.8) is 0 Å². The molecule has 0 saturated carbocycles. The van der Waals surface area contributed by atoms with Gasteiger partial charge in [0.05, 0.1) is 0 Å². The fraction of sp³-hybridized carbons (Fsp3) is 0.796. The van der Waals surface area contributed by atoms with Gasteiger partial charge in [0.2, 0.25) is 0 Å². The highest BCUT2D eigenvalue weighted by atomic mass is 27.2. The number of allylic oxidation sites excluding steroid dienone is 14. The van der Waals surface area contributed by atoms with Crippen LogP contribution in [0, 0.1) is 0 Å². The van der Waals surface area contributed by atoms with Crippen LogP contribution in [0.5, 0.6) is 0 Å². The maximum absolute atomic E-state index is 4.91. The molecule has 0 aromatic rings. The Bertz CT molecular complexity index is 3040. The Hall–Kier alpha value is -1.80. The Morgan fingerprint density at radius 2 is 0.613 bits per heavy atom. The SMILES string of the molecule is CCC(/C=C(/CC)[N](C(C)C)[Al]([CH2]C)[CH2]C)=NC(C)C.CCC(/C=C(/CC)[N](C(C)CC)[Al]([CH2]C)[CH2]C)=NC(C)CC.CCC(/C=C(/CC)[N](C)[Al]([CH2]C)[CH2]C)=NC.CCN=C(/C=C(/CC)[N](CC)[Al]([CH2]C)[CH2]C)CC.CCN=C(C)/C=C(/C)[N](CC)[Al]([CH2]C)[CH2]C.C[CH2][Al]([CH2]C)[N](/C(C)=C\C(C)=NC(C)C)C(C)C.C[CH2][Al]([CH2]C)[N](C)/C(C)=C\C(C)=NC. The summed E-state index contributed by atoms with van der Waals surface area (Å²) in [5, 5.41) is 18.8. The molecule has 2 atom stereocenters. The van der Waals surface area contributed by atoms with E-state index in [-0.39, 0.29) is 0 Å². The fourth-order valence-corrected chi connectivity index (χ4v) is 35.5. The number of rotatable bonds is 55. The maximum atomic E-state index is 4.91. The van der Waals surface area contributed by atoms with Gasteiger partial charge >= 0.3 is 101 Å². The van der Waals surface area contributed by atoms with Gasteiger partial charge in [0.1, 0.15) is 0 Å². The molecule has 21 heteroatoms. The molecule has 0 aliphatic carbocycles. The Kier molecular flexibility index (Phi) is 94.5. The van der Waals surface area contributed by atoms with Crippen LogP contribution in [0.15, 0.2) is 117 Å². The smallest absolute Gasteiger partial charge is 0.413 e. The Labute approximate surface area is 811 Å². The summed E-state index contributed by atoms with van der Waals surface area (Å²) in [5.41, 5.74) is 18.5. The number of nitrogens with zero attached hydrogens (tertiary/aromatic N) is 14. The summed E-state index contributed by atoms with van der Waals surface area (Å²) < 4.78 is 18.6. The third-order valence-corrected chi connectivity index (χ3v) is 48.8. The summed E-state index contributed by atoms with van der Waals surface area (Å²) in [6, 6.07) is 3.07. The summed E-state index contributed by atoms with van der Waals surface area (Å²) in [7, 11) is 8.21. The molecule has 0 aromatic heterocycles. The van der Waals surface area contributed by atoms with Crippen molar-refractivity contribution in [2.45, 2.75) is 479 Å². The van der Waals surface area contributed by atoms with E-state index in [9.17, 15) is 0 Å². The highest BCUT2D eigenvalue weighted by Gasteiger charge is 2.31. The first-order valence-corrected chi connectivity index (χ1v) is 66.6. The maximum Gasteiger partial charge on any atom is 0.413 e. The van der Waals surface area contributed by atoms with Gasteiger partial charge in [0.25, 0.3) is 0 Å². The van der Waals surface area contributed by atoms with Crippen molar-refractivity contribution < 1.29 is 0 Å². The molecule has 0 saturated heterocycles. The van der Waals surface area contributed by atoms with Crippen LogP contribution in [0.4, 0.5) is 0 Å². The molecule has 0 heterocycles. The second-order valence-corrected chi connectivity index (χ2v) is 59.6. The minimum Gasteiger partial charge on any atom is -0.469 e. The molecular formula is C103H213Al7N14. The van der Waals surface area contributed by atoms with Gasteiger partial charge in [-0.25, -0.2) is 0 Å². The lowest BCUT2D eigenvalue weighted by Gasteiger charge is -2.38. The molecule has 14 nitrogen and oxygen atoms in total. The van der Waals surface area contributed by atoms with Gasteiger partial charge < -0.3 is 27.2 Å². The zero-order valence-corrected chi connectivity index (χ0v) is 101. The lowest BCUT2D eigenvalue weighted by Crippen LogP contribution is -2.43. The third-order valence-electron chi connectivity index (χ3n) is 24.3. The zero-order chi connectivity index (χ0) is 97.3. The summed E-state index contributed by atoms with van der Waals surface area (Å²) in [4.78, 5) is 31.7. The molecule has 0 amide bonds. The van der Waals surface area contributed by atoms with Gasteiger partial charge in [-0.15, -0.1) is 0 Å². The van der Waals surface area contributed by atoms with E-state index in [1.807, 2.05) is 21.0 Å². The van der Waals surface area contributed by atoms with Crippen LogP contribution >= 0.6 is 0 Å². The van der Waals surface area contributed by atoms with Crippen molar-refractivity contribution in [1.82, 2.24) is 27.2 Å². The van der Waals surface area contributed by atoms with Crippen molar-refractivity contribution in [2.24, 2.45) is 34.9 Å². The monoisotopic (exact) mass is 1840 g/mol. The predicted molar refractivity (Wildman–Crippen MR) is 591 cm³/mol. The van der Waals surface area contributed by atoms with Crippen molar-refractivity contribution >= 4 is 141 Å². The zero-order valence-electron chi connectivity index (χ0n) is 92.6. The molecule has 0 radical (unpaired) electrons. The van der Waals surface area contributed by atoms with E-state index in [0.29, 0.717) is 36.3 Å². The van der Waals surface area contributed by atoms with E-state index < -0.39 is 101 Å². The van der Waals surface area contributed by atoms with Gasteiger partial charge in [-0.05, 0) is 324 Å². The molecule has 124 heavy (non-hydrogen) atoms. The third kappa shape index (κ3) is 60.4. The lowest BCUT2D eigenvalue weighted by molar-refractivity contribution is 0.388. The second-order valence-electron chi connectivity index (χ2n) is 34.6. The normalized spacial score (nSPS) is 13.5. The standard InChI is InChI=1S/C15H29N2.C13H25N2.2C11H21N2.2C9H17N2.C7H13N2.14C2H5.7Al/c1-7-12(5)16-14(9-3)11-15(10-4)17-13(6)8-2;1-7-12(14-10(3)4)9-13(8-2)15-11(5)6;1-8(2)12-10(5)7-11(6)13-9(3)4;1-5-10(12-7-3)9-11(6-2)13-8-4;1-5-8(10-3)7-9(6-2)11-4;1-5-10-8(3)7-9(4)11-6-2;1-6(8-3)5-7(2)9-4;14*1-2;;;;;;;/h11-13H,7-10H2,1-6H3;9-11H,7-8H2,1-6H3;7-9H,1-6H3;9H,5-8H2,1-4H3;2*7H,5-6H2,1-4H3;5H,1-4H3;14*1H2,2H3;;;;;;;/q7*-1;;;;;;;;;;;;;;;7*+1/b14-11-,17-15?;12-9-,15-13?;10-7-,13-11?;10-9-,13-11?;2*8-7-,11-9?;6-5-,9-7?;;;;;;;;;;;;;;;;;;;;;. The summed E-state index contributed by atoms with van der Waals surface area (Å²) >= 11 is -5.44. The van der Waals surface area contributed by atoms with Crippen LogP contribution in [-0.2, 0) is 0 Å². The first-order valence-electron chi connectivity index (χ1n) is 51.5. The van der Waals surface area contributed by atoms with Gasteiger partial charge in [-0.2, -0.15) is 0 Å². The summed E-state index contributed by atoms with van der Waals surface area (Å²) in [6.07, 6.45) is 27.0. The number of hydrogen-bond donors (Lipinski definition) is 0. The molecule has 0 aliphatic rings. The molecular weight excluding hydrogens is 1620 g/mol. The van der Waals surface area contributed by atoms with Crippen LogP contribution < -0.4 is 0 Å². The highest BCUT2D eigenvalue weighted by molar-refractivity contribution is 6.58. The number of aliphatic imine (C=N–C) groups is 7. The highest BCUT2D eigenvalue weighted by Crippen LogP contribution is 2.26. The van der Waals surface area contributed by atoms with E-state index in [2.05, 4.69) is 406 Å². The van der Waals surface area contributed by atoms with Crippen LogP contribution in [0.2, 0.25) is 74.0 Å². The largest absolute Gasteiger partial charge is 0.469 e. The second kappa shape index (κ2) is 86.6. The van der Waals surface area contributed by atoms with Crippen molar-refractivity contribution in [2.75, 3.05) is 54.4 Å². The van der Waals surface area contributed by atoms with Gasteiger partial charge in [0.15, 0.2) is 0 Å². The van der Waals surface area contributed by atoms with Crippen LogP contribution in [0.25, 0.3) is 0 Å². The van der Waals surface area contributed by atoms with Crippen molar-refractivity contribution in [3.05, 3.63) is 82.4 Å². The van der Waals surface area contributed by atoms with Crippen LogP contribution in [-0.4, -0.2) is 258 Å². The average Bonchev–Trinajstić information content (AvgIpc) is 0.841. The Balaban J connectivity index is -0.000000259. The topological polar surface area (TPSA) is 109 Å². The molecule has 2 unspecified atom stereocenters. The van der Waals surface area contributed by atoms with E-state index in [4.69, 9.17) is 9.98 Å². The quantitative estimate of drug-likeness (QED) is 0.0441. The van der Waals surface area contributed by atoms with Gasteiger partial charge in [-0.3, -0.25) is 34.9 Å². The number of hydrogen-bond acceptors (Lipinski definition) is 14. The first-order chi connectivity index (χ1) is 58.7. The van der Waals surface area contributed by atoms with Crippen molar-refractivity contribution in [3.8, 4) is 0 Å². The molecule has 0 rings (SSSR count). The average molecular weight is 1840 g/mol. The minimum absolute atomic E-state index is 0.381. The predicted octanol–water partition coefficient (Wildman–Crippen LogP) is 30.7.